The van der Waals surface area contributed by atoms with Crippen LogP contribution in [0.2, 0.25) is 0 Å². The highest BCUT2D eigenvalue weighted by atomic mass is 16.4. The molecule has 1 fully saturated rings. The van der Waals surface area contributed by atoms with E-state index in [9.17, 15) is 4.79 Å². The molecule has 0 heterocycles. The van der Waals surface area contributed by atoms with E-state index >= 15 is 0 Å². The minimum absolute atomic E-state index is 0.428. The average molecular weight is 247 g/mol. The molecule has 1 aromatic carbocycles. The summed E-state index contributed by atoms with van der Waals surface area (Å²) in [6, 6.07) is 7.94. The third-order valence-electron chi connectivity index (χ3n) is 3.49. The predicted octanol–water partition coefficient (Wildman–Crippen LogP) is 2.91. The molecule has 1 aliphatic carbocycles. The fourth-order valence-corrected chi connectivity index (χ4v) is 2.32. The van der Waals surface area contributed by atoms with Crippen molar-refractivity contribution in [1.29, 1.82) is 0 Å². The number of hydrogen-bond acceptors (Lipinski definition) is 2. The molecule has 18 heavy (non-hydrogen) atoms. The topological polar surface area (TPSA) is 49.3 Å². The third-order valence-corrected chi connectivity index (χ3v) is 3.49. The second-order valence-corrected chi connectivity index (χ2v) is 5.03. The molecule has 0 radical (unpaired) electrons. The largest absolute Gasteiger partial charge is 0.480 e. The molecule has 1 aromatic rings. The van der Waals surface area contributed by atoms with Gasteiger partial charge >= 0.3 is 5.97 Å². The van der Waals surface area contributed by atoms with Crippen LogP contribution >= 0.6 is 0 Å². The Balaban J connectivity index is 1.98. The summed E-state index contributed by atoms with van der Waals surface area (Å²) in [6.45, 7) is 2.67. The van der Waals surface area contributed by atoms with E-state index in [2.05, 4.69) is 23.5 Å². The van der Waals surface area contributed by atoms with Crippen LogP contribution in [0, 0.1) is 0 Å². The van der Waals surface area contributed by atoms with E-state index in [1.807, 2.05) is 13.0 Å². The smallest absolute Gasteiger partial charge is 0.320 e. The van der Waals surface area contributed by atoms with Gasteiger partial charge in [-0.05, 0) is 36.3 Å². The third kappa shape index (κ3) is 3.33. The van der Waals surface area contributed by atoms with Crippen molar-refractivity contribution in [1.82, 2.24) is 5.32 Å². The van der Waals surface area contributed by atoms with Crippen LogP contribution in [-0.4, -0.2) is 17.1 Å². The first kappa shape index (κ1) is 13.1. The second-order valence-electron chi connectivity index (χ2n) is 5.03. The van der Waals surface area contributed by atoms with E-state index in [-0.39, 0.29) is 0 Å². The lowest BCUT2D eigenvalue weighted by molar-refractivity contribution is -0.139. The Labute approximate surface area is 108 Å². The van der Waals surface area contributed by atoms with E-state index < -0.39 is 12.0 Å². The number of carboxylic acids is 1. The summed E-state index contributed by atoms with van der Waals surface area (Å²) in [7, 11) is 0. The van der Waals surface area contributed by atoms with Crippen molar-refractivity contribution in [3.63, 3.8) is 0 Å². The maximum Gasteiger partial charge on any atom is 0.320 e. The molecule has 0 aromatic heterocycles. The molecule has 0 bridgehead atoms. The van der Waals surface area contributed by atoms with E-state index in [1.165, 1.54) is 24.0 Å². The molecule has 1 atom stereocenters. The van der Waals surface area contributed by atoms with Crippen molar-refractivity contribution in [2.75, 3.05) is 0 Å². The Morgan fingerprint density at radius 2 is 2.17 bits per heavy atom. The highest BCUT2D eigenvalue weighted by Gasteiger charge is 2.25. The van der Waals surface area contributed by atoms with Gasteiger partial charge in [0.1, 0.15) is 6.04 Å². The summed E-state index contributed by atoms with van der Waals surface area (Å²) < 4.78 is 0. The molecule has 0 aliphatic heterocycles. The maximum atomic E-state index is 11.1. The molecule has 0 saturated heterocycles. The number of hydrogen-bond donors (Lipinski definition) is 2. The maximum absolute atomic E-state index is 11.1. The van der Waals surface area contributed by atoms with Crippen molar-refractivity contribution in [2.24, 2.45) is 0 Å². The zero-order chi connectivity index (χ0) is 13.0. The standard InChI is InChI=1S/C15H21NO2/c1-2-5-14(15(17)18)16-10-12-6-3-4-7-13(12)11-8-9-11/h3-4,6-7,11,14,16H,2,5,8-10H2,1H3,(H,17,18). The number of rotatable bonds is 7. The number of benzene rings is 1. The lowest BCUT2D eigenvalue weighted by Gasteiger charge is -2.15. The second kappa shape index (κ2) is 6.01. The van der Waals surface area contributed by atoms with Gasteiger partial charge in [0.15, 0.2) is 0 Å². The van der Waals surface area contributed by atoms with Crippen molar-refractivity contribution in [3.8, 4) is 0 Å². The molecule has 3 nitrogen and oxygen atoms in total. The van der Waals surface area contributed by atoms with Crippen LogP contribution in [0.25, 0.3) is 0 Å². The van der Waals surface area contributed by atoms with Crippen LogP contribution in [0.3, 0.4) is 0 Å². The van der Waals surface area contributed by atoms with Crippen LogP contribution in [-0.2, 0) is 11.3 Å². The van der Waals surface area contributed by atoms with Gasteiger partial charge in [-0.25, -0.2) is 0 Å². The molecule has 2 N–H and O–H groups in total. The molecular formula is C15H21NO2. The summed E-state index contributed by atoms with van der Waals surface area (Å²) in [5.74, 6) is -0.0433. The molecule has 1 aliphatic rings. The molecule has 3 heteroatoms. The zero-order valence-corrected chi connectivity index (χ0v) is 10.9. The van der Waals surface area contributed by atoms with Gasteiger partial charge in [0.2, 0.25) is 0 Å². The van der Waals surface area contributed by atoms with Gasteiger partial charge in [0, 0.05) is 6.54 Å². The van der Waals surface area contributed by atoms with Gasteiger partial charge in [-0.15, -0.1) is 0 Å². The van der Waals surface area contributed by atoms with Crippen LogP contribution in [0.15, 0.2) is 24.3 Å². The van der Waals surface area contributed by atoms with Gasteiger partial charge in [0.05, 0.1) is 0 Å². The monoisotopic (exact) mass is 247 g/mol. The van der Waals surface area contributed by atoms with Crippen molar-refractivity contribution >= 4 is 5.97 Å². The van der Waals surface area contributed by atoms with E-state index in [1.54, 1.807) is 0 Å². The quantitative estimate of drug-likeness (QED) is 0.779. The minimum atomic E-state index is -0.749. The number of carboxylic acid groups (broad SMARTS) is 1. The van der Waals surface area contributed by atoms with Crippen molar-refractivity contribution in [2.45, 2.75) is 51.1 Å². The number of carbonyl (C=O) groups is 1. The van der Waals surface area contributed by atoms with E-state index in [0.29, 0.717) is 18.9 Å². The Kier molecular flexibility index (Phi) is 4.37. The molecule has 1 unspecified atom stereocenters. The van der Waals surface area contributed by atoms with Crippen LogP contribution in [0.1, 0.15) is 49.7 Å². The summed E-state index contributed by atoms with van der Waals surface area (Å²) in [4.78, 5) is 11.1. The summed E-state index contributed by atoms with van der Waals surface area (Å²) in [5, 5.41) is 12.3. The number of aliphatic carboxylic acids is 1. The lowest BCUT2D eigenvalue weighted by atomic mass is 10.0. The first-order valence-electron chi connectivity index (χ1n) is 6.76. The summed E-state index contributed by atoms with van der Waals surface area (Å²) >= 11 is 0. The van der Waals surface area contributed by atoms with Crippen molar-refractivity contribution < 1.29 is 9.90 Å². The first-order valence-corrected chi connectivity index (χ1v) is 6.76. The molecule has 98 valence electrons. The van der Waals surface area contributed by atoms with Crippen molar-refractivity contribution in [3.05, 3.63) is 35.4 Å². The highest BCUT2D eigenvalue weighted by molar-refractivity contribution is 5.73. The average Bonchev–Trinajstić information content (AvgIpc) is 3.18. The molecule has 0 amide bonds. The number of nitrogens with one attached hydrogen (secondary N) is 1. The Morgan fingerprint density at radius 3 is 2.78 bits per heavy atom. The van der Waals surface area contributed by atoms with Gasteiger partial charge < -0.3 is 10.4 Å². The summed E-state index contributed by atoms with van der Waals surface area (Å²) in [5.41, 5.74) is 2.65. The first-order chi connectivity index (χ1) is 8.72. The van der Waals surface area contributed by atoms with Gasteiger partial charge in [-0.3, -0.25) is 4.79 Å². The van der Waals surface area contributed by atoms with E-state index in [4.69, 9.17) is 5.11 Å². The molecule has 0 spiro atoms. The summed E-state index contributed by atoms with van der Waals surface area (Å²) in [6.07, 6.45) is 4.11. The SMILES string of the molecule is CCCC(NCc1ccccc1C1CC1)C(=O)O. The Morgan fingerprint density at radius 1 is 1.44 bits per heavy atom. The normalized spacial score (nSPS) is 16.5. The molecule has 2 rings (SSSR count). The molecule has 1 saturated carbocycles. The predicted molar refractivity (Wildman–Crippen MR) is 71.6 cm³/mol. The fraction of sp³-hybridized carbons (Fsp3) is 0.533. The fourth-order valence-electron chi connectivity index (χ4n) is 2.32. The van der Waals surface area contributed by atoms with Crippen LogP contribution < -0.4 is 5.32 Å². The Bertz CT molecular complexity index is 413. The lowest BCUT2D eigenvalue weighted by Crippen LogP contribution is -2.36. The molecular weight excluding hydrogens is 226 g/mol. The zero-order valence-electron chi connectivity index (χ0n) is 10.9. The van der Waals surface area contributed by atoms with Crippen LogP contribution in [0.4, 0.5) is 0 Å². The Hall–Kier alpha value is -1.35. The van der Waals surface area contributed by atoms with E-state index in [0.717, 1.165) is 6.42 Å². The van der Waals surface area contributed by atoms with Gasteiger partial charge in [-0.1, -0.05) is 37.6 Å². The highest BCUT2D eigenvalue weighted by Crippen LogP contribution is 2.41. The van der Waals surface area contributed by atoms with Crippen LogP contribution in [0.5, 0.6) is 0 Å². The van der Waals surface area contributed by atoms with Gasteiger partial charge in [0.25, 0.3) is 0 Å². The van der Waals surface area contributed by atoms with Gasteiger partial charge in [-0.2, -0.15) is 0 Å². The minimum Gasteiger partial charge on any atom is -0.480 e.